The number of carbonyl (C=O) groups excluding carboxylic acids is 1. The summed E-state index contributed by atoms with van der Waals surface area (Å²) in [5.41, 5.74) is 3.21. The number of nitrogens with zero attached hydrogens (tertiary/aromatic N) is 2. The van der Waals surface area contributed by atoms with Crippen molar-refractivity contribution in [1.29, 1.82) is 0 Å². The molecule has 3 aromatic rings. The van der Waals surface area contributed by atoms with Gasteiger partial charge < -0.3 is 5.32 Å². The molecular weight excluding hydrogens is 326 g/mol. The number of amides is 1. The Morgan fingerprint density at radius 1 is 1.08 bits per heavy atom. The lowest BCUT2D eigenvalue weighted by Gasteiger charge is -2.12. The van der Waals surface area contributed by atoms with Gasteiger partial charge in [-0.3, -0.25) is 14.2 Å². The van der Waals surface area contributed by atoms with Crippen molar-refractivity contribution in [3.8, 4) is 11.1 Å². The van der Waals surface area contributed by atoms with E-state index < -0.39 is 0 Å². The molecule has 0 aliphatic carbocycles. The molecular formula is C21H21N3O2. The van der Waals surface area contributed by atoms with Crippen LogP contribution in [0.25, 0.3) is 11.1 Å². The van der Waals surface area contributed by atoms with E-state index in [4.69, 9.17) is 0 Å². The fourth-order valence-electron chi connectivity index (χ4n) is 2.78. The van der Waals surface area contributed by atoms with Crippen LogP contribution in [-0.2, 0) is 17.8 Å². The molecule has 0 spiro atoms. The normalized spacial score (nSPS) is 10.5. The Balaban J connectivity index is 1.76. The van der Waals surface area contributed by atoms with Gasteiger partial charge in [0.05, 0.1) is 6.33 Å². The molecule has 0 saturated heterocycles. The van der Waals surface area contributed by atoms with Crippen molar-refractivity contribution in [2.24, 2.45) is 0 Å². The second-order valence-corrected chi connectivity index (χ2v) is 6.06. The predicted octanol–water partition coefficient (Wildman–Crippen LogP) is 3.50. The van der Waals surface area contributed by atoms with E-state index in [1.165, 1.54) is 17.0 Å². The van der Waals surface area contributed by atoms with Gasteiger partial charge in [0.15, 0.2) is 0 Å². The van der Waals surface area contributed by atoms with Crippen LogP contribution >= 0.6 is 0 Å². The van der Waals surface area contributed by atoms with Gasteiger partial charge in [-0.2, -0.15) is 0 Å². The molecule has 5 nitrogen and oxygen atoms in total. The fraction of sp³-hybridized carbons (Fsp3) is 0.190. The average molecular weight is 347 g/mol. The van der Waals surface area contributed by atoms with Crippen molar-refractivity contribution < 1.29 is 4.79 Å². The van der Waals surface area contributed by atoms with Crippen LogP contribution in [0.5, 0.6) is 0 Å². The largest absolute Gasteiger partial charge is 0.324 e. The van der Waals surface area contributed by atoms with Crippen LogP contribution in [0.2, 0.25) is 0 Å². The molecule has 0 bridgehead atoms. The van der Waals surface area contributed by atoms with Gasteiger partial charge in [-0.1, -0.05) is 61.9 Å². The number of anilines is 1. The molecule has 1 amide bonds. The first-order chi connectivity index (χ1) is 12.7. The monoisotopic (exact) mass is 347 g/mol. The quantitative estimate of drug-likeness (QED) is 0.742. The van der Waals surface area contributed by atoms with Gasteiger partial charge in [0, 0.05) is 23.0 Å². The zero-order valence-corrected chi connectivity index (χ0v) is 14.7. The molecule has 3 rings (SSSR count). The molecule has 132 valence electrons. The van der Waals surface area contributed by atoms with E-state index in [9.17, 15) is 9.59 Å². The third kappa shape index (κ3) is 4.25. The topological polar surface area (TPSA) is 64.0 Å². The molecule has 2 aromatic carbocycles. The molecule has 1 heterocycles. The summed E-state index contributed by atoms with van der Waals surface area (Å²) in [6, 6.07) is 18.9. The predicted molar refractivity (Wildman–Crippen MR) is 103 cm³/mol. The number of aromatic nitrogens is 2. The number of aryl methyl sites for hydroxylation is 1. The number of hydrogen-bond acceptors (Lipinski definition) is 3. The Morgan fingerprint density at radius 2 is 1.81 bits per heavy atom. The van der Waals surface area contributed by atoms with Crippen LogP contribution in [0.4, 0.5) is 5.69 Å². The summed E-state index contributed by atoms with van der Waals surface area (Å²) in [5, 5.41) is 2.90. The number of carbonyl (C=O) groups is 1. The van der Waals surface area contributed by atoms with Gasteiger partial charge in [-0.05, 0) is 18.1 Å². The number of benzene rings is 2. The summed E-state index contributed by atoms with van der Waals surface area (Å²) in [7, 11) is 0. The lowest BCUT2D eigenvalue weighted by molar-refractivity contribution is -0.116. The highest BCUT2D eigenvalue weighted by Crippen LogP contribution is 2.27. The highest BCUT2D eigenvalue weighted by Gasteiger charge is 2.10. The van der Waals surface area contributed by atoms with E-state index >= 15 is 0 Å². The van der Waals surface area contributed by atoms with E-state index in [2.05, 4.69) is 10.3 Å². The molecule has 0 aliphatic rings. The highest BCUT2D eigenvalue weighted by molar-refractivity contribution is 5.95. The Morgan fingerprint density at radius 3 is 2.54 bits per heavy atom. The minimum absolute atomic E-state index is 0.0681. The van der Waals surface area contributed by atoms with Crippen molar-refractivity contribution in [1.82, 2.24) is 9.55 Å². The van der Waals surface area contributed by atoms with Gasteiger partial charge in [0.25, 0.3) is 5.56 Å². The van der Waals surface area contributed by atoms with Crippen molar-refractivity contribution in [3.63, 3.8) is 0 Å². The Hall–Kier alpha value is -3.21. The minimum atomic E-state index is -0.263. The maximum absolute atomic E-state index is 12.4. The SMILES string of the molecule is CCCc1cc(=O)n(CC(=O)Nc2ccccc2-c2ccccc2)cn1. The fourth-order valence-corrected chi connectivity index (χ4v) is 2.78. The Bertz CT molecular complexity index is 949. The van der Waals surface area contributed by atoms with Crippen LogP contribution in [0.3, 0.4) is 0 Å². The van der Waals surface area contributed by atoms with E-state index in [0.29, 0.717) is 5.69 Å². The molecule has 0 fully saturated rings. The molecule has 1 aromatic heterocycles. The molecule has 1 N–H and O–H groups in total. The van der Waals surface area contributed by atoms with Gasteiger partial charge in [0.2, 0.25) is 5.91 Å². The third-order valence-corrected chi connectivity index (χ3v) is 4.04. The summed E-state index contributed by atoms with van der Waals surface area (Å²) < 4.78 is 1.32. The molecule has 0 atom stereocenters. The number of hydrogen-bond donors (Lipinski definition) is 1. The zero-order chi connectivity index (χ0) is 18.4. The minimum Gasteiger partial charge on any atom is -0.324 e. The Labute approximate surface area is 152 Å². The summed E-state index contributed by atoms with van der Waals surface area (Å²) in [4.78, 5) is 28.8. The third-order valence-electron chi connectivity index (χ3n) is 4.04. The van der Waals surface area contributed by atoms with Crippen molar-refractivity contribution >= 4 is 11.6 Å². The van der Waals surface area contributed by atoms with Crippen LogP contribution < -0.4 is 10.9 Å². The molecule has 0 aliphatic heterocycles. The Kier molecular flexibility index (Phi) is 5.59. The van der Waals surface area contributed by atoms with Crippen molar-refractivity contribution in [2.75, 3.05) is 5.32 Å². The number of nitrogens with one attached hydrogen (secondary N) is 1. The van der Waals surface area contributed by atoms with E-state index in [1.54, 1.807) is 0 Å². The van der Waals surface area contributed by atoms with Crippen LogP contribution in [0.15, 0.2) is 71.8 Å². The first-order valence-corrected chi connectivity index (χ1v) is 8.67. The van der Waals surface area contributed by atoms with Crippen molar-refractivity contribution in [2.45, 2.75) is 26.3 Å². The zero-order valence-electron chi connectivity index (χ0n) is 14.7. The van der Waals surface area contributed by atoms with Gasteiger partial charge >= 0.3 is 0 Å². The summed E-state index contributed by atoms with van der Waals surface area (Å²) in [6.07, 6.45) is 3.12. The summed E-state index contributed by atoms with van der Waals surface area (Å²) in [5.74, 6) is -0.263. The summed E-state index contributed by atoms with van der Waals surface area (Å²) in [6.45, 7) is 1.96. The second-order valence-electron chi connectivity index (χ2n) is 6.06. The van der Waals surface area contributed by atoms with E-state index in [0.717, 1.165) is 29.7 Å². The maximum Gasteiger partial charge on any atom is 0.253 e. The molecule has 0 saturated carbocycles. The first kappa shape index (κ1) is 17.6. The first-order valence-electron chi connectivity index (χ1n) is 8.67. The average Bonchev–Trinajstić information content (AvgIpc) is 2.65. The molecule has 0 unspecified atom stereocenters. The molecule has 0 radical (unpaired) electrons. The van der Waals surface area contributed by atoms with Crippen LogP contribution in [-0.4, -0.2) is 15.5 Å². The van der Waals surface area contributed by atoms with Crippen molar-refractivity contribution in [3.05, 3.63) is 83.0 Å². The molecule has 26 heavy (non-hydrogen) atoms. The molecule has 5 heteroatoms. The number of para-hydroxylation sites is 1. The van der Waals surface area contributed by atoms with Crippen LogP contribution in [0, 0.1) is 0 Å². The highest BCUT2D eigenvalue weighted by atomic mass is 16.2. The maximum atomic E-state index is 12.4. The van der Waals surface area contributed by atoms with Gasteiger partial charge in [0.1, 0.15) is 6.54 Å². The van der Waals surface area contributed by atoms with Gasteiger partial charge in [-0.15, -0.1) is 0 Å². The lowest BCUT2D eigenvalue weighted by Crippen LogP contribution is -2.28. The summed E-state index contributed by atoms with van der Waals surface area (Å²) >= 11 is 0. The van der Waals surface area contributed by atoms with Gasteiger partial charge in [-0.25, -0.2) is 4.98 Å². The second kappa shape index (κ2) is 8.25. The smallest absolute Gasteiger partial charge is 0.253 e. The lowest BCUT2D eigenvalue weighted by atomic mass is 10.0. The standard InChI is InChI=1S/C21H21N3O2/c1-2-8-17-13-21(26)24(15-22-17)14-20(25)23-19-12-7-6-11-18(19)16-9-4-3-5-10-16/h3-7,9-13,15H,2,8,14H2,1H3,(H,23,25). The number of rotatable bonds is 6. The van der Waals surface area contributed by atoms with Crippen LogP contribution in [0.1, 0.15) is 19.0 Å². The van der Waals surface area contributed by atoms with E-state index in [1.807, 2.05) is 61.5 Å². The van der Waals surface area contributed by atoms with E-state index in [-0.39, 0.29) is 18.0 Å².